The Balaban J connectivity index is 1.86. The number of nitriles is 1. The zero-order valence-electron chi connectivity index (χ0n) is 14.0. The lowest BCUT2D eigenvalue weighted by molar-refractivity contribution is -0.112. The monoisotopic (exact) mass is 358 g/mol. The Labute approximate surface area is 155 Å². The molecule has 1 amide bonds. The molecule has 27 heavy (non-hydrogen) atoms. The molecule has 0 aliphatic carbocycles. The molecule has 2 aromatic carbocycles. The number of amides is 1. The van der Waals surface area contributed by atoms with Crippen LogP contribution in [0.5, 0.6) is 0 Å². The second-order valence-electron chi connectivity index (χ2n) is 5.54. The number of furan rings is 1. The Morgan fingerprint density at radius 1 is 1.00 bits per heavy atom. The third kappa shape index (κ3) is 4.11. The summed E-state index contributed by atoms with van der Waals surface area (Å²) in [5, 5.41) is 21.2. The Hall–Kier alpha value is -4.11. The maximum absolute atomic E-state index is 12.2. The van der Waals surface area contributed by atoms with Gasteiger partial charge in [0.1, 0.15) is 23.2 Å². The van der Waals surface area contributed by atoms with Crippen LogP contribution in [0.3, 0.4) is 0 Å². The van der Waals surface area contributed by atoms with E-state index in [-0.39, 0.29) is 16.9 Å². The summed E-state index contributed by atoms with van der Waals surface area (Å²) in [7, 11) is 0. The number of aromatic carboxylic acids is 1. The van der Waals surface area contributed by atoms with Crippen LogP contribution in [0.25, 0.3) is 17.4 Å². The minimum absolute atomic E-state index is 0.102. The van der Waals surface area contributed by atoms with Crippen molar-refractivity contribution in [2.24, 2.45) is 0 Å². The maximum Gasteiger partial charge on any atom is 0.336 e. The van der Waals surface area contributed by atoms with Crippen molar-refractivity contribution in [3.8, 4) is 17.4 Å². The molecular formula is C21H14N2O4. The molecule has 0 fully saturated rings. The molecule has 0 aliphatic heterocycles. The minimum atomic E-state index is -1.07. The Morgan fingerprint density at radius 3 is 2.41 bits per heavy atom. The van der Waals surface area contributed by atoms with Crippen molar-refractivity contribution in [3.05, 3.63) is 83.6 Å². The summed E-state index contributed by atoms with van der Waals surface area (Å²) < 4.78 is 5.62. The number of nitrogens with zero attached hydrogens (tertiary/aromatic N) is 1. The molecule has 1 aromatic heterocycles. The van der Waals surface area contributed by atoms with Crippen molar-refractivity contribution < 1.29 is 19.1 Å². The fourth-order valence-corrected chi connectivity index (χ4v) is 2.47. The number of nitrogens with one attached hydrogen (secondary N) is 1. The Bertz CT molecular complexity index is 1060. The van der Waals surface area contributed by atoms with Crippen LogP contribution in [-0.4, -0.2) is 17.0 Å². The van der Waals surface area contributed by atoms with E-state index in [1.807, 2.05) is 12.1 Å². The molecule has 1 heterocycles. The van der Waals surface area contributed by atoms with E-state index in [2.05, 4.69) is 5.32 Å². The van der Waals surface area contributed by atoms with Gasteiger partial charge in [0.2, 0.25) is 0 Å². The van der Waals surface area contributed by atoms with Gasteiger partial charge >= 0.3 is 5.97 Å². The van der Waals surface area contributed by atoms with Crippen LogP contribution >= 0.6 is 0 Å². The van der Waals surface area contributed by atoms with Gasteiger partial charge in [-0.2, -0.15) is 5.26 Å². The number of hydrogen-bond donors (Lipinski definition) is 2. The molecule has 0 radical (unpaired) electrons. The number of carbonyl (C=O) groups excluding carboxylic acids is 1. The van der Waals surface area contributed by atoms with Gasteiger partial charge in [-0.3, -0.25) is 4.79 Å². The molecule has 0 unspecified atom stereocenters. The van der Waals surface area contributed by atoms with E-state index >= 15 is 0 Å². The summed E-state index contributed by atoms with van der Waals surface area (Å²) in [6, 6.07) is 20.2. The molecule has 132 valence electrons. The molecule has 0 aliphatic rings. The highest BCUT2D eigenvalue weighted by atomic mass is 16.4. The summed E-state index contributed by atoms with van der Waals surface area (Å²) in [6.45, 7) is 0. The molecule has 0 spiro atoms. The first-order chi connectivity index (χ1) is 13.1. The Morgan fingerprint density at radius 2 is 1.70 bits per heavy atom. The number of carbonyl (C=O) groups is 2. The molecule has 0 bridgehead atoms. The first-order valence-electron chi connectivity index (χ1n) is 7.99. The van der Waals surface area contributed by atoms with Crippen molar-refractivity contribution in [1.29, 1.82) is 5.26 Å². The standard InChI is InChI=1S/C21H14N2O4/c22-13-14(20(24)23-15-6-2-1-3-7-15)12-16-10-11-19(27-16)17-8-4-5-9-18(17)21(25)26/h1-12H,(H,23,24)(H,25,26). The lowest BCUT2D eigenvalue weighted by Crippen LogP contribution is -2.13. The summed E-state index contributed by atoms with van der Waals surface area (Å²) >= 11 is 0. The summed E-state index contributed by atoms with van der Waals surface area (Å²) in [5.74, 6) is -1.03. The van der Waals surface area contributed by atoms with Crippen LogP contribution in [-0.2, 0) is 4.79 Å². The lowest BCUT2D eigenvalue weighted by atomic mass is 10.1. The van der Waals surface area contributed by atoms with Crippen LogP contribution in [0, 0.1) is 11.3 Å². The predicted molar refractivity (Wildman–Crippen MR) is 99.8 cm³/mol. The average Bonchev–Trinajstić information content (AvgIpc) is 3.15. The van der Waals surface area contributed by atoms with E-state index in [9.17, 15) is 20.0 Å². The summed E-state index contributed by atoms with van der Waals surface area (Å²) in [4.78, 5) is 23.6. The van der Waals surface area contributed by atoms with Crippen LogP contribution in [0.15, 0.2) is 76.7 Å². The number of para-hydroxylation sites is 1. The summed E-state index contributed by atoms with van der Waals surface area (Å²) in [6.07, 6.45) is 1.31. The van der Waals surface area contributed by atoms with Gasteiger partial charge < -0.3 is 14.8 Å². The van der Waals surface area contributed by atoms with E-state index < -0.39 is 11.9 Å². The highest BCUT2D eigenvalue weighted by Crippen LogP contribution is 2.27. The molecule has 0 saturated heterocycles. The average molecular weight is 358 g/mol. The minimum Gasteiger partial charge on any atom is -0.478 e. The molecule has 0 saturated carbocycles. The number of carboxylic acids is 1. The summed E-state index contributed by atoms with van der Waals surface area (Å²) in [5.41, 5.74) is 0.951. The smallest absolute Gasteiger partial charge is 0.336 e. The van der Waals surface area contributed by atoms with Gasteiger partial charge in [0, 0.05) is 17.3 Å². The van der Waals surface area contributed by atoms with Crippen LogP contribution in [0.2, 0.25) is 0 Å². The fourth-order valence-electron chi connectivity index (χ4n) is 2.47. The number of rotatable bonds is 5. The quantitative estimate of drug-likeness (QED) is 0.526. The van der Waals surface area contributed by atoms with Crippen LogP contribution in [0.1, 0.15) is 16.1 Å². The van der Waals surface area contributed by atoms with Crippen molar-refractivity contribution in [2.45, 2.75) is 0 Å². The molecule has 0 atom stereocenters. The van der Waals surface area contributed by atoms with Gasteiger partial charge in [-0.15, -0.1) is 0 Å². The van der Waals surface area contributed by atoms with E-state index in [4.69, 9.17) is 4.42 Å². The van der Waals surface area contributed by atoms with Gasteiger partial charge in [-0.25, -0.2) is 4.79 Å². The number of carboxylic acid groups (broad SMARTS) is 1. The van der Waals surface area contributed by atoms with Gasteiger partial charge in [0.05, 0.1) is 5.56 Å². The molecular weight excluding hydrogens is 344 g/mol. The predicted octanol–water partition coefficient (Wildman–Crippen LogP) is 4.19. The fraction of sp³-hybridized carbons (Fsp3) is 0. The van der Waals surface area contributed by atoms with E-state index in [0.29, 0.717) is 17.0 Å². The normalized spacial score (nSPS) is 10.9. The number of benzene rings is 2. The molecule has 2 N–H and O–H groups in total. The van der Waals surface area contributed by atoms with E-state index in [1.165, 1.54) is 12.1 Å². The number of hydrogen-bond acceptors (Lipinski definition) is 4. The van der Waals surface area contributed by atoms with Gasteiger partial charge in [-0.05, 0) is 30.3 Å². The SMILES string of the molecule is N#CC(=Cc1ccc(-c2ccccc2C(=O)O)o1)C(=O)Nc1ccccc1. The topological polar surface area (TPSA) is 103 Å². The Kier molecular flexibility index (Phi) is 5.15. The largest absolute Gasteiger partial charge is 0.478 e. The molecule has 6 heteroatoms. The molecule has 3 aromatic rings. The third-order valence-corrected chi connectivity index (χ3v) is 3.73. The maximum atomic E-state index is 12.2. The van der Waals surface area contributed by atoms with E-state index in [1.54, 1.807) is 54.6 Å². The van der Waals surface area contributed by atoms with Crippen LogP contribution in [0.4, 0.5) is 5.69 Å². The van der Waals surface area contributed by atoms with Crippen molar-refractivity contribution >= 4 is 23.6 Å². The zero-order chi connectivity index (χ0) is 19.2. The first kappa shape index (κ1) is 17.7. The van der Waals surface area contributed by atoms with Gasteiger partial charge in [0.15, 0.2) is 0 Å². The lowest BCUT2D eigenvalue weighted by Gasteiger charge is -2.03. The molecule has 6 nitrogen and oxygen atoms in total. The van der Waals surface area contributed by atoms with Crippen LogP contribution < -0.4 is 5.32 Å². The highest BCUT2D eigenvalue weighted by molar-refractivity contribution is 6.09. The highest BCUT2D eigenvalue weighted by Gasteiger charge is 2.15. The van der Waals surface area contributed by atoms with Crippen molar-refractivity contribution in [3.63, 3.8) is 0 Å². The second-order valence-corrected chi connectivity index (χ2v) is 5.54. The third-order valence-electron chi connectivity index (χ3n) is 3.73. The van der Waals surface area contributed by atoms with Crippen molar-refractivity contribution in [1.82, 2.24) is 0 Å². The van der Waals surface area contributed by atoms with Gasteiger partial charge in [-0.1, -0.05) is 36.4 Å². The zero-order valence-corrected chi connectivity index (χ0v) is 14.0. The first-order valence-corrected chi connectivity index (χ1v) is 7.99. The van der Waals surface area contributed by atoms with E-state index in [0.717, 1.165) is 0 Å². The molecule has 3 rings (SSSR count). The van der Waals surface area contributed by atoms with Gasteiger partial charge in [0.25, 0.3) is 5.91 Å². The number of anilines is 1. The van der Waals surface area contributed by atoms with Crippen molar-refractivity contribution in [2.75, 3.05) is 5.32 Å². The second kappa shape index (κ2) is 7.85.